The maximum atomic E-state index is 6.31. The molecule has 0 amide bonds. The van der Waals surface area contributed by atoms with E-state index in [9.17, 15) is 0 Å². The van der Waals surface area contributed by atoms with Gasteiger partial charge in [-0.1, -0.05) is 106 Å². The van der Waals surface area contributed by atoms with Gasteiger partial charge in [0.25, 0.3) is 0 Å². The van der Waals surface area contributed by atoms with Crippen molar-refractivity contribution in [2.24, 2.45) is 5.41 Å². The van der Waals surface area contributed by atoms with Crippen molar-refractivity contribution in [2.45, 2.75) is 119 Å². The van der Waals surface area contributed by atoms with Gasteiger partial charge in [0.05, 0.1) is 45.1 Å². The van der Waals surface area contributed by atoms with Gasteiger partial charge in [0, 0.05) is 26.3 Å². The summed E-state index contributed by atoms with van der Waals surface area (Å²) in [5.74, 6) is 0. The molecule has 0 heterocycles. The van der Waals surface area contributed by atoms with E-state index in [1.807, 2.05) is 0 Å². The molecule has 0 aromatic carbocycles. The largest absolute Gasteiger partial charge is 0.381 e. The summed E-state index contributed by atoms with van der Waals surface area (Å²) < 4.78 is 25.2. The topological polar surface area (TPSA) is 43.4 Å². The molecule has 0 N–H and O–H groups in total. The summed E-state index contributed by atoms with van der Waals surface area (Å²) in [6, 6.07) is 0. The van der Waals surface area contributed by atoms with Crippen LogP contribution < -0.4 is 0 Å². The summed E-state index contributed by atoms with van der Waals surface area (Å²) >= 11 is 0. The molecule has 0 spiro atoms. The normalized spacial score (nSPS) is 12.3. The zero-order valence-corrected chi connectivity index (χ0v) is 27.4. The first-order chi connectivity index (χ1) is 19.1. The van der Waals surface area contributed by atoms with E-state index in [4.69, 9.17) is 18.9 Å². The van der Waals surface area contributed by atoms with Gasteiger partial charge in [0.1, 0.15) is 0 Å². The highest BCUT2D eigenvalue weighted by molar-refractivity contribution is 4.80. The molecule has 39 heavy (non-hydrogen) atoms. The monoisotopic (exact) mass is 559 g/mol. The second-order valence-corrected chi connectivity index (χ2v) is 11.3. The molecule has 0 atom stereocenters. The molecule has 6 nitrogen and oxygen atoms in total. The average Bonchev–Trinajstić information content (AvgIpc) is 2.96. The molecular formula is C33H70N2O4. The Balaban J connectivity index is 4.99. The highest BCUT2D eigenvalue weighted by atomic mass is 16.5. The first-order valence-corrected chi connectivity index (χ1v) is 16.9. The number of unbranched alkanes of at least 4 members (excludes halogenated alkanes) is 10. The number of ether oxygens (including phenoxy) is 4. The van der Waals surface area contributed by atoms with Gasteiger partial charge < -0.3 is 28.7 Å². The lowest BCUT2D eigenvalue weighted by Crippen LogP contribution is -2.43. The maximum absolute atomic E-state index is 6.31. The summed E-state index contributed by atoms with van der Waals surface area (Å²) in [5.41, 5.74) is -0.267. The molecule has 0 unspecified atom stereocenters. The van der Waals surface area contributed by atoms with Crippen LogP contribution in [0.5, 0.6) is 0 Å². The quantitative estimate of drug-likeness (QED) is 0.0799. The molecule has 0 bridgehead atoms. The smallest absolute Gasteiger partial charge is 0.0637 e. The first kappa shape index (κ1) is 38.8. The maximum Gasteiger partial charge on any atom is 0.0637 e. The van der Waals surface area contributed by atoms with E-state index in [1.165, 1.54) is 64.2 Å². The summed E-state index contributed by atoms with van der Waals surface area (Å²) in [5, 5.41) is 0. The minimum absolute atomic E-state index is 0.267. The Morgan fingerprint density at radius 2 is 0.692 bits per heavy atom. The van der Waals surface area contributed by atoms with Gasteiger partial charge in [0.15, 0.2) is 0 Å². The minimum Gasteiger partial charge on any atom is -0.381 e. The third-order valence-corrected chi connectivity index (χ3v) is 7.81. The lowest BCUT2D eigenvalue weighted by atomic mass is 9.92. The van der Waals surface area contributed by atoms with Gasteiger partial charge in [-0.3, -0.25) is 0 Å². The van der Waals surface area contributed by atoms with Crippen LogP contribution in [0.4, 0.5) is 0 Å². The fourth-order valence-corrected chi connectivity index (χ4v) is 4.84. The molecule has 236 valence electrons. The van der Waals surface area contributed by atoms with Crippen molar-refractivity contribution in [3.63, 3.8) is 0 Å². The van der Waals surface area contributed by atoms with E-state index in [2.05, 4.69) is 51.3 Å². The van der Waals surface area contributed by atoms with Gasteiger partial charge in [-0.15, -0.1) is 0 Å². The Labute approximate surface area is 244 Å². The lowest BCUT2D eigenvalue weighted by Gasteiger charge is -2.33. The molecule has 0 radical (unpaired) electrons. The fourth-order valence-electron chi connectivity index (χ4n) is 4.84. The van der Waals surface area contributed by atoms with Crippen LogP contribution in [-0.4, -0.2) is 102 Å². The molecule has 6 heteroatoms. The van der Waals surface area contributed by atoms with Gasteiger partial charge in [-0.05, 0) is 39.0 Å². The highest BCUT2D eigenvalue weighted by Crippen LogP contribution is 2.22. The zero-order chi connectivity index (χ0) is 28.9. The summed E-state index contributed by atoms with van der Waals surface area (Å²) in [4.78, 5) is 4.82. The van der Waals surface area contributed by atoms with Crippen LogP contribution in [0.25, 0.3) is 0 Å². The van der Waals surface area contributed by atoms with E-state index < -0.39 is 0 Å². The Bertz CT molecular complexity index is 431. The van der Waals surface area contributed by atoms with Crippen molar-refractivity contribution in [3.05, 3.63) is 0 Å². The Morgan fingerprint density at radius 3 is 1.03 bits per heavy atom. The molecule has 0 aliphatic heterocycles. The number of rotatable bonds is 32. The SMILES string of the molecule is CCCCCCCCOCC(COCCCCCCCC)(COCCN(CC)CC)COCCN(CC)CC. The summed E-state index contributed by atoms with van der Waals surface area (Å²) in [6.45, 7) is 25.1. The predicted octanol–water partition coefficient (Wildman–Crippen LogP) is 7.44. The minimum atomic E-state index is -0.267. The van der Waals surface area contributed by atoms with Crippen LogP contribution in [0.1, 0.15) is 119 Å². The molecule has 0 aromatic rings. The second-order valence-electron chi connectivity index (χ2n) is 11.3. The molecule has 0 rings (SSSR count). The van der Waals surface area contributed by atoms with E-state index in [-0.39, 0.29) is 5.41 Å². The molecule has 0 saturated carbocycles. The summed E-state index contributed by atoms with van der Waals surface area (Å²) in [6.07, 6.45) is 15.3. The molecule has 0 aromatic heterocycles. The highest BCUT2D eigenvalue weighted by Gasteiger charge is 2.32. The van der Waals surface area contributed by atoms with Gasteiger partial charge in [-0.25, -0.2) is 0 Å². The Morgan fingerprint density at radius 1 is 0.385 bits per heavy atom. The number of hydrogen-bond acceptors (Lipinski definition) is 6. The zero-order valence-electron chi connectivity index (χ0n) is 27.4. The van der Waals surface area contributed by atoms with Gasteiger partial charge >= 0.3 is 0 Å². The standard InChI is InChI=1S/C33H70N2O4/c1-7-13-15-17-19-21-25-36-29-33(31-38-27-23-34(9-3)10-4,32-39-28-24-35(11-5)12-6)30-37-26-22-20-18-16-14-8-2/h7-32H2,1-6H3. The van der Waals surface area contributed by atoms with Crippen LogP contribution in [0, 0.1) is 5.41 Å². The van der Waals surface area contributed by atoms with Crippen molar-refractivity contribution in [3.8, 4) is 0 Å². The molecule has 0 fully saturated rings. The van der Waals surface area contributed by atoms with Gasteiger partial charge in [0.2, 0.25) is 0 Å². The Kier molecular flexibility index (Phi) is 29.1. The van der Waals surface area contributed by atoms with Crippen molar-refractivity contribution in [2.75, 3.05) is 92.1 Å². The van der Waals surface area contributed by atoms with Crippen LogP contribution in [0.3, 0.4) is 0 Å². The Hall–Kier alpha value is -0.240. The van der Waals surface area contributed by atoms with E-state index in [0.29, 0.717) is 26.4 Å². The van der Waals surface area contributed by atoms with E-state index in [1.54, 1.807) is 0 Å². The number of likely N-dealkylation sites (N-methyl/N-ethyl adjacent to an activating group) is 2. The third kappa shape index (κ3) is 23.1. The summed E-state index contributed by atoms with van der Waals surface area (Å²) in [7, 11) is 0. The first-order valence-electron chi connectivity index (χ1n) is 16.9. The van der Waals surface area contributed by atoms with Crippen molar-refractivity contribution in [1.29, 1.82) is 0 Å². The van der Waals surface area contributed by atoms with Crippen molar-refractivity contribution < 1.29 is 18.9 Å². The molecule has 0 saturated heterocycles. The lowest BCUT2D eigenvalue weighted by molar-refractivity contribution is -0.109. The third-order valence-electron chi connectivity index (χ3n) is 7.81. The van der Waals surface area contributed by atoms with Crippen LogP contribution in [0.15, 0.2) is 0 Å². The van der Waals surface area contributed by atoms with Crippen LogP contribution in [-0.2, 0) is 18.9 Å². The van der Waals surface area contributed by atoms with Crippen molar-refractivity contribution in [1.82, 2.24) is 9.80 Å². The average molecular weight is 559 g/mol. The second kappa shape index (κ2) is 29.3. The van der Waals surface area contributed by atoms with E-state index >= 15 is 0 Å². The molecular weight excluding hydrogens is 488 g/mol. The number of nitrogens with zero attached hydrogens (tertiary/aromatic N) is 2. The molecule has 0 aliphatic carbocycles. The molecule has 0 aliphatic rings. The number of hydrogen-bond donors (Lipinski definition) is 0. The van der Waals surface area contributed by atoms with Crippen LogP contribution >= 0.6 is 0 Å². The fraction of sp³-hybridized carbons (Fsp3) is 1.00. The van der Waals surface area contributed by atoms with E-state index in [0.717, 1.165) is 78.5 Å². The van der Waals surface area contributed by atoms with Crippen molar-refractivity contribution >= 4 is 0 Å². The predicted molar refractivity (Wildman–Crippen MR) is 168 cm³/mol. The van der Waals surface area contributed by atoms with Gasteiger partial charge in [-0.2, -0.15) is 0 Å². The van der Waals surface area contributed by atoms with Crippen LogP contribution in [0.2, 0.25) is 0 Å².